The zero-order chi connectivity index (χ0) is 20.3. The molecule has 0 unspecified atom stereocenters. The molecule has 0 aliphatic carbocycles. The van der Waals surface area contributed by atoms with E-state index in [9.17, 15) is 13.2 Å². The van der Waals surface area contributed by atoms with Gasteiger partial charge >= 0.3 is 0 Å². The van der Waals surface area contributed by atoms with Gasteiger partial charge in [-0.05, 0) is 48.5 Å². The second-order valence-electron chi connectivity index (χ2n) is 5.91. The summed E-state index contributed by atoms with van der Waals surface area (Å²) in [6.45, 7) is 0. The van der Waals surface area contributed by atoms with Crippen LogP contribution in [0.1, 0.15) is 10.4 Å². The number of nitrogens with zero attached hydrogens (tertiary/aromatic N) is 1. The van der Waals surface area contributed by atoms with Crippen LogP contribution in [-0.4, -0.2) is 21.4 Å². The fraction of sp³-hybridized carbons (Fsp3) is 0.0500. The number of rotatable bonds is 5. The number of hydrogen-bond acceptors (Lipinski definition) is 3. The molecule has 0 saturated heterocycles. The Balaban J connectivity index is 1.87. The molecule has 3 aromatic rings. The van der Waals surface area contributed by atoms with E-state index in [1.807, 2.05) is 0 Å². The molecule has 0 fully saturated rings. The fourth-order valence-corrected chi connectivity index (χ4v) is 4.07. The van der Waals surface area contributed by atoms with Gasteiger partial charge in [-0.3, -0.25) is 9.10 Å². The zero-order valence-corrected chi connectivity index (χ0v) is 17.1. The summed E-state index contributed by atoms with van der Waals surface area (Å²) in [6.07, 6.45) is 0. The number of carbonyl (C=O) groups is 1. The first kappa shape index (κ1) is 20.2. The van der Waals surface area contributed by atoms with Gasteiger partial charge in [0.2, 0.25) is 0 Å². The monoisotopic (exact) mass is 434 g/mol. The average molecular weight is 435 g/mol. The number of carbonyl (C=O) groups excluding carboxylic acids is 1. The van der Waals surface area contributed by atoms with E-state index >= 15 is 0 Å². The molecule has 8 heteroatoms. The van der Waals surface area contributed by atoms with Gasteiger partial charge in [0, 0.05) is 17.6 Å². The number of anilines is 2. The van der Waals surface area contributed by atoms with Crippen molar-refractivity contribution in [3.05, 3.63) is 88.4 Å². The molecule has 1 amide bonds. The summed E-state index contributed by atoms with van der Waals surface area (Å²) in [5.74, 6) is -0.434. The van der Waals surface area contributed by atoms with Gasteiger partial charge < -0.3 is 5.32 Å². The third-order valence-electron chi connectivity index (χ3n) is 4.05. The lowest BCUT2D eigenvalue weighted by atomic mass is 10.2. The van der Waals surface area contributed by atoms with Crippen molar-refractivity contribution in [1.82, 2.24) is 0 Å². The van der Waals surface area contributed by atoms with Gasteiger partial charge in [-0.1, -0.05) is 47.5 Å². The van der Waals surface area contributed by atoms with E-state index in [0.717, 1.165) is 4.31 Å². The van der Waals surface area contributed by atoms with Crippen molar-refractivity contribution in [3.8, 4) is 0 Å². The first-order valence-electron chi connectivity index (χ1n) is 8.19. The summed E-state index contributed by atoms with van der Waals surface area (Å²) in [4.78, 5) is 12.8. The lowest BCUT2D eigenvalue weighted by molar-refractivity contribution is 0.102. The van der Waals surface area contributed by atoms with Crippen LogP contribution in [0.15, 0.2) is 77.7 Å². The Kier molecular flexibility index (Phi) is 5.93. The van der Waals surface area contributed by atoms with Crippen molar-refractivity contribution in [3.63, 3.8) is 0 Å². The fourth-order valence-electron chi connectivity index (χ4n) is 2.52. The van der Waals surface area contributed by atoms with Gasteiger partial charge in [0.25, 0.3) is 15.9 Å². The van der Waals surface area contributed by atoms with E-state index in [0.29, 0.717) is 21.4 Å². The molecule has 0 bridgehead atoms. The maximum atomic E-state index is 12.8. The highest BCUT2D eigenvalue weighted by atomic mass is 35.5. The number of benzene rings is 3. The highest BCUT2D eigenvalue weighted by molar-refractivity contribution is 7.92. The van der Waals surface area contributed by atoms with E-state index in [4.69, 9.17) is 23.2 Å². The lowest BCUT2D eigenvalue weighted by Crippen LogP contribution is -2.26. The van der Waals surface area contributed by atoms with E-state index in [2.05, 4.69) is 5.32 Å². The maximum absolute atomic E-state index is 12.8. The third kappa shape index (κ3) is 4.30. The minimum atomic E-state index is -3.74. The first-order chi connectivity index (χ1) is 13.3. The Labute approximate surface area is 173 Å². The van der Waals surface area contributed by atoms with Gasteiger partial charge in [0.05, 0.1) is 21.3 Å². The van der Waals surface area contributed by atoms with Crippen LogP contribution in [0.3, 0.4) is 0 Å². The summed E-state index contributed by atoms with van der Waals surface area (Å²) >= 11 is 12.0. The van der Waals surface area contributed by atoms with E-state index in [1.54, 1.807) is 48.5 Å². The Bertz CT molecular complexity index is 1120. The molecular weight excluding hydrogens is 419 g/mol. The largest absolute Gasteiger partial charge is 0.321 e. The second-order valence-corrected chi connectivity index (χ2v) is 8.73. The van der Waals surface area contributed by atoms with Crippen LogP contribution in [0.2, 0.25) is 10.0 Å². The highest BCUT2D eigenvalue weighted by Crippen LogP contribution is 2.27. The highest BCUT2D eigenvalue weighted by Gasteiger charge is 2.21. The standard InChI is InChI=1S/C20H16Cl2N2O3S/c1-24(28(26,27)17-8-3-2-4-9-17)16-7-5-6-14(12-16)20(25)23-19-13-15(21)10-11-18(19)22/h2-13H,1H3,(H,23,25). The Morgan fingerprint density at radius 3 is 2.36 bits per heavy atom. The second kappa shape index (κ2) is 8.22. The topological polar surface area (TPSA) is 66.5 Å². The SMILES string of the molecule is CN(c1cccc(C(=O)Nc2cc(Cl)ccc2Cl)c1)S(=O)(=O)c1ccccc1. The van der Waals surface area contributed by atoms with Crippen LogP contribution in [0, 0.1) is 0 Å². The number of nitrogens with one attached hydrogen (secondary N) is 1. The number of amides is 1. The molecule has 0 aromatic heterocycles. The number of halogens is 2. The quantitative estimate of drug-likeness (QED) is 0.609. The molecule has 0 saturated carbocycles. The van der Waals surface area contributed by atoms with Gasteiger partial charge in [0.15, 0.2) is 0 Å². The molecule has 0 spiro atoms. The zero-order valence-electron chi connectivity index (χ0n) is 14.8. The summed E-state index contributed by atoms with van der Waals surface area (Å²) in [7, 11) is -2.30. The van der Waals surface area contributed by atoms with Gasteiger partial charge in [-0.25, -0.2) is 8.42 Å². The van der Waals surface area contributed by atoms with Crippen LogP contribution in [-0.2, 0) is 10.0 Å². The van der Waals surface area contributed by atoms with Gasteiger partial charge in [-0.15, -0.1) is 0 Å². The lowest BCUT2D eigenvalue weighted by Gasteiger charge is -2.20. The number of hydrogen-bond donors (Lipinski definition) is 1. The van der Waals surface area contributed by atoms with Crippen LogP contribution < -0.4 is 9.62 Å². The average Bonchev–Trinajstić information content (AvgIpc) is 2.71. The van der Waals surface area contributed by atoms with Gasteiger partial charge in [-0.2, -0.15) is 0 Å². The van der Waals surface area contributed by atoms with Crippen molar-refractivity contribution >= 4 is 50.5 Å². The van der Waals surface area contributed by atoms with Gasteiger partial charge in [0.1, 0.15) is 0 Å². The molecule has 0 aliphatic rings. The van der Waals surface area contributed by atoms with Crippen molar-refractivity contribution < 1.29 is 13.2 Å². The first-order valence-corrected chi connectivity index (χ1v) is 10.4. The Morgan fingerprint density at radius 2 is 1.64 bits per heavy atom. The predicted octanol–water partition coefficient (Wildman–Crippen LogP) is 5.07. The minimum absolute atomic E-state index is 0.165. The summed E-state index contributed by atoms with van der Waals surface area (Å²) in [5, 5.41) is 3.46. The molecule has 5 nitrogen and oxygen atoms in total. The Morgan fingerprint density at radius 1 is 0.929 bits per heavy atom. The van der Waals surface area contributed by atoms with E-state index in [1.165, 1.54) is 31.3 Å². The van der Waals surface area contributed by atoms with E-state index in [-0.39, 0.29) is 10.5 Å². The summed E-state index contributed by atoms with van der Waals surface area (Å²) in [5.41, 5.74) is 1.01. The molecule has 3 rings (SSSR count). The molecule has 144 valence electrons. The molecule has 3 aromatic carbocycles. The van der Waals surface area contributed by atoms with Crippen molar-refractivity contribution in [1.29, 1.82) is 0 Å². The number of sulfonamides is 1. The van der Waals surface area contributed by atoms with Crippen LogP contribution in [0.25, 0.3) is 0 Å². The predicted molar refractivity (Wildman–Crippen MR) is 113 cm³/mol. The van der Waals surface area contributed by atoms with Crippen LogP contribution >= 0.6 is 23.2 Å². The van der Waals surface area contributed by atoms with E-state index < -0.39 is 15.9 Å². The van der Waals surface area contributed by atoms with Crippen molar-refractivity contribution in [2.45, 2.75) is 4.90 Å². The summed E-state index contributed by atoms with van der Waals surface area (Å²) < 4.78 is 26.7. The normalized spacial score (nSPS) is 11.1. The summed E-state index contributed by atoms with van der Waals surface area (Å²) in [6, 6.07) is 19.1. The third-order valence-corrected chi connectivity index (χ3v) is 6.41. The molecule has 0 aliphatic heterocycles. The smallest absolute Gasteiger partial charge is 0.264 e. The van der Waals surface area contributed by atoms with Crippen molar-refractivity contribution in [2.75, 3.05) is 16.7 Å². The maximum Gasteiger partial charge on any atom is 0.264 e. The molecule has 28 heavy (non-hydrogen) atoms. The molecule has 0 heterocycles. The van der Waals surface area contributed by atoms with Crippen molar-refractivity contribution in [2.24, 2.45) is 0 Å². The minimum Gasteiger partial charge on any atom is -0.321 e. The van der Waals surface area contributed by atoms with Crippen LogP contribution in [0.4, 0.5) is 11.4 Å². The molecule has 1 N–H and O–H groups in total. The Hall–Kier alpha value is -2.54. The molecular formula is C20H16Cl2N2O3S. The van der Waals surface area contributed by atoms with Crippen LogP contribution in [0.5, 0.6) is 0 Å². The molecule has 0 atom stereocenters. The molecule has 0 radical (unpaired) electrons.